The summed E-state index contributed by atoms with van der Waals surface area (Å²) in [5.41, 5.74) is 21.7. The summed E-state index contributed by atoms with van der Waals surface area (Å²) in [5, 5.41) is 23.4. The van der Waals surface area contributed by atoms with Crippen molar-refractivity contribution in [1.29, 1.82) is 0 Å². The number of aliphatic carboxylic acids is 2. The number of nitrogens with two attached hydrogens (primary N) is 4. The number of hydrogen-bond donors (Lipinski definition) is 8. The number of nitrogens with zero attached hydrogens (tertiary/aromatic N) is 2. The van der Waals surface area contributed by atoms with Crippen molar-refractivity contribution < 1.29 is 34.2 Å². The molecule has 0 saturated carbocycles. The van der Waals surface area contributed by atoms with Crippen LogP contribution in [0, 0.1) is 0 Å². The number of likely N-dealkylation sites (tertiary alicyclic amines) is 1. The highest BCUT2D eigenvalue weighted by molar-refractivity contribution is 5.94. The predicted molar refractivity (Wildman–Crippen MR) is 129 cm³/mol. The number of aliphatic imine (C=N–C) groups is 1. The summed E-state index contributed by atoms with van der Waals surface area (Å²) in [4.78, 5) is 66.2. The molecule has 0 aromatic heterocycles. The summed E-state index contributed by atoms with van der Waals surface area (Å²) >= 11 is 0. The third kappa shape index (κ3) is 10.4. The largest absolute Gasteiger partial charge is 0.481 e. The Bertz CT molecular complexity index is 818. The summed E-state index contributed by atoms with van der Waals surface area (Å²) in [6.45, 7) is 0.791. The average molecular weight is 515 g/mol. The molecular weight excluding hydrogens is 476 g/mol. The first-order chi connectivity index (χ1) is 17.0. The van der Waals surface area contributed by atoms with Crippen LogP contribution in [0.15, 0.2) is 4.99 Å². The van der Waals surface area contributed by atoms with Crippen molar-refractivity contribution in [3.63, 3.8) is 0 Å². The number of carboxylic acid groups (broad SMARTS) is 2. The Labute approximate surface area is 209 Å². The van der Waals surface area contributed by atoms with Gasteiger partial charge in [0.25, 0.3) is 0 Å². The Balaban J connectivity index is 3.03. The van der Waals surface area contributed by atoms with Crippen LogP contribution in [-0.4, -0.2) is 94.5 Å². The Hall–Kier alpha value is -3.46. The minimum atomic E-state index is -1.39. The molecule has 15 nitrogen and oxygen atoms in total. The maximum absolute atomic E-state index is 13.2. The molecule has 1 saturated heterocycles. The van der Waals surface area contributed by atoms with Crippen LogP contribution in [0.2, 0.25) is 0 Å². The standard InChI is InChI=1S/C21H38N8O7/c22-8-2-1-5-14(19(34)29-10-4-7-15(29)20(35)36)28-18(33)13(6-3-9-26-21(24)25)27-17(32)12(23)11-16(30)31/h12-15H,1-11,22-23H2,(H,27,32)(H,28,33)(H,30,31)(H,35,36)(H4,24,25,26). The van der Waals surface area contributed by atoms with Crippen LogP contribution in [0.3, 0.4) is 0 Å². The molecule has 1 aliphatic rings. The molecule has 1 fully saturated rings. The first kappa shape index (κ1) is 30.6. The SMILES string of the molecule is NCCCCC(NC(=O)C(CCCN=C(N)N)NC(=O)C(N)CC(=O)O)C(=O)N1CCCC1C(=O)O. The smallest absolute Gasteiger partial charge is 0.326 e. The summed E-state index contributed by atoms with van der Waals surface area (Å²) in [6.07, 6.45) is 1.86. The molecule has 4 unspecified atom stereocenters. The number of hydrogen-bond acceptors (Lipinski definition) is 8. The van der Waals surface area contributed by atoms with E-state index in [0.717, 1.165) is 0 Å². The average Bonchev–Trinajstić information content (AvgIpc) is 3.29. The minimum Gasteiger partial charge on any atom is -0.481 e. The van der Waals surface area contributed by atoms with E-state index in [9.17, 15) is 29.1 Å². The van der Waals surface area contributed by atoms with E-state index in [1.54, 1.807) is 0 Å². The summed E-state index contributed by atoms with van der Waals surface area (Å²) < 4.78 is 0. The highest BCUT2D eigenvalue weighted by atomic mass is 16.4. The molecular formula is C21H38N8O7. The number of rotatable bonds is 16. The fourth-order valence-corrected chi connectivity index (χ4v) is 3.84. The fourth-order valence-electron chi connectivity index (χ4n) is 3.84. The van der Waals surface area contributed by atoms with Gasteiger partial charge in [0, 0.05) is 13.1 Å². The zero-order chi connectivity index (χ0) is 27.3. The molecule has 204 valence electrons. The van der Waals surface area contributed by atoms with Gasteiger partial charge in [-0.15, -0.1) is 0 Å². The van der Waals surface area contributed by atoms with E-state index < -0.39 is 60.2 Å². The van der Waals surface area contributed by atoms with Crippen molar-refractivity contribution in [3.8, 4) is 0 Å². The van der Waals surface area contributed by atoms with Crippen LogP contribution in [-0.2, 0) is 24.0 Å². The lowest BCUT2D eigenvalue weighted by atomic mass is 10.0. The Morgan fingerprint density at radius 1 is 0.972 bits per heavy atom. The molecule has 1 aliphatic heterocycles. The van der Waals surface area contributed by atoms with Crippen molar-refractivity contribution in [3.05, 3.63) is 0 Å². The van der Waals surface area contributed by atoms with E-state index in [2.05, 4.69) is 15.6 Å². The molecule has 1 rings (SSSR count). The highest BCUT2D eigenvalue weighted by Gasteiger charge is 2.38. The fraction of sp³-hybridized carbons (Fsp3) is 0.714. The Kier molecular flexibility index (Phi) is 13.2. The zero-order valence-electron chi connectivity index (χ0n) is 20.2. The number of amides is 3. The molecule has 15 heteroatoms. The molecule has 0 bridgehead atoms. The number of carbonyl (C=O) groups excluding carboxylic acids is 3. The van der Waals surface area contributed by atoms with Gasteiger partial charge in [-0.2, -0.15) is 0 Å². The minimum absolute atomic E-state index is 0.0688. The van der Waals surface area contributed by atoms with E-state index in [0.29, 0.717) is 32.2 Å². The summed E-state index contributed by atoms with van der Waals surface area (Å²) in [6, 6.07) is -4.56. The summed E-state index contributed by atoms with van der Waals surface area (Å²) in [7, 11) is 0. The van der Waals surface area contributed by atoms with Crippen molar-refractivity contribution in [1.82, 2.24) is 15.5 Å². The molecule has 0 aromatic carbocycles. The first-order valence-electron chi connectivity index (χ1n) is 11.8. The van der Waals surface area contributed by atoms with Gasteiger partial charge < -0.3 is 48.7 Å². The molecule has 0 radical (unpaired) electrons. The van der Waals surface area contributed by atoms with Crippen molar-refractivity contribution in [2.45, 2.75) is 75.5 Å². The quantitative estimate of drug-likeness (QED) is 0.0584. The van der Waals surface area contributed by atoms with Gasteiger partial charge in [0.15, 0.2) is 5.96 Å². The second-order valence-electron chi connectivity index (χ2n) is 8.59. The second-order valence-corrected chi connectivity index (χ2v) is 8.59. The Morgan fingerprint density at radius 3 is 2.19 bits per heavy atom. The van der Waals surface area contributed by atoms with Crippen molar-refractivity contribution >= 4 is 35.6 Å². The van der Waals surface area contributed by atoms with Gasteiger partial charge in [0.1, 0.15) is 18.1 Å². The van der Waals surface area contributed by atoms with Crippen molar-refractivity contribution in [2.24, 2.45) is 27.9 Å². The molecule has 36 heavy (non-hydrogen) atoms. The van der Waals surface area contributed by atoms with Crippen LogP contribution in [0.4, 0.5) is 0 Å². The van der Waals surface area contributed by atoms with E-state index >= 15 is 0 Å². The van der Waals surface area contributed by atoms with Gasteiger partial charge >= 0.3 is 11.9 Å². The molecule has 12 N–H and O–H groups in total. The molecule has 1 heterocycles. The van der Waals surface area contributed by atoms with Gasteiger partial charge in [-0.25, -0.2) is 4.79 Å². The van der Waals surface area contributed by atoms with E-state index in [-0.39, 0.29) is 38.3 Å². The highest BCUT2D eigenvalue weighted by Crippen LogP contribution is 2.20. The van der Waals surface area contributed by atoms with E-state index in [4.69, 9.17) is 28.0 Å². The van der Waals surface area contributed by atoms with Crippen LogP contribution in [0.5, 0.6) is 0 Å². The Morgan fingerprint density at radius 2 is 1.61 bits per heavy atom. The number of nitrogens with one attached hydrogen (secondary N) is 2. The molecule has 4 atom stereocenters. The predicted octanol–water partition coefficient (Wildman–Crippen LogP) is -2.98. The molecule has 0 aliphatic carbocycles. The zero-order valence-corrected chi connectivity index (χ0v) is 20.2. The number of carboxylic acids is 2. The van der Waals surface area contributed by atoms with Gasteiger partial charge in [-0.3, -0.25) is 24.2 Å². The third-order valence-electron chi connectivity index (χ3n) is 5.69. The maximum Gasteiger partial charge on any atom is 0.326 e. The monoisotopic (exact) mass is 514 g/mol. The molecule has 3 amide bonds. The topological polar surface area (TPSA) is 270 Å². The summed E-state index contributed by atoms with van der Waals surface area (Å²) in [5.74, 6) is -4.63. The lowest BCUT2D eigenvalue weighted by Gasteiger charge is -2.29. The van der Waals surface area contributed by atoms with Gasteiger partial charge in [-0.05, 0) is 51.5 Å². The second kappa shape index (κ2) is 15.5. The van der Waals surface area contributed by atoms with Crippen LogP contribution < -0.4 is 33.6 Å². The maximum atomic E-state index is 13.2. The number of carbonyl (C=O) groups is 5. The molecule has 0 spiro atoms. The molecule has 0 aromatic rings. The lowest BCUT2D eigenvalue weighted by Crippen LogP contribution is -2.57. The van der Waals surface area contributed by atoms with Crippen molar-refractivity contribution in [2.75, 3.05) is 19.6 Å². The lowest BCUT2D eigenvalue weighted by molar-refractivity contribution is -0.149. The van der Waals surface area contributed by atoms with Crippen LogP contribution in [0.25, 0.3) is 0 Å². The van der Waals surface area contributed by atoms with Gasteiger partial charge in [0.05, 0.1) is 12.5 Å². The number of unbranched alkanes of at least 4 members (excludes halogenated alkanes) is 1. The van der Waals surface area contributed by atoms with E-state index in [1.165, 1.54) is 4.90 Å². The van der Waals surface area contributed by atoms with Gasteiger partial charge in [0.2, 0.25) is 17.7 Å². The van der Waals surface area contributed by atoms with Crippen LogP contribution >= 0.6 is 0 Å². The van der Waals surface area contributed by atoms with Crippen LogP contribution in [0.1, 0.15) is 51.4 Å². The third-order valence-corrected chi connectivity index (χ3v) is 5.69. The van der Waals surface area contributed by atoms with Gasteiger partial charge in [-0.1, -0.05) is 0 Å². The normalized spacial score (nSPS) is 17.5. The first-order valence-corrected chi connectivity index (χ1v) is 11.8. The van der Waals surface area contributed by atoms with E-state index in [1.807, 2.05) is 0 Å². The number of guanidine groups is 1.